The lowest BCUT2D eigenvalue weighted by atomic mass is 10.1. The highest BCUT2D eigenvalue weighted by Gasteiger charge is 2.24. The van der Waals surface area contributed by atoms with Crippen molar-refractivity contribution in [2.24, 2.45) is 0 Å². The third-order valence-corrected chi connectivity index (χ3v) is 3.61. The van der Waals surface area contributed by atoms with Gasteiger partial charge in [0.2, 0.25) is 0 Å². The molecule has 1 aromatic heterocycles. The first-order valence-electron chi connectivity index (χ1n) is 6.68. The molecule has 1 aromatic rings. The zero-order chi connectivity index (χ0) is 15.3. The van der Waals surface area contributed by atoms with Crippen molar-refractivity contribution in [3.8, 4) is 0 Å². The molecule has 0 aliphatic rings. The van der Waals surface area contributed by atoms with Gasteiger partial charge in [0.15, 0.2) is 5.16 Å². The largest absolute Gasteiger partial charge is 0.481 e. The van der Waals surface area contributed by atoms with Crippen LogP contribution in [0.15, 0.2) is 5.16 Å². The van der Waals surface area contributed by atoms with Crippen LogP contribution in [0, 0.1) is 0 Å². The summed E-state index contributed by atoms with van der Waals surface area (Å²) in [7, 11) is 0. The summed E-state index contributed by atoms with van der Waals surface area (Å²) in [5, 5.41) is 17.7. The summed E-state index contributed by atoms with van der Waals surface area (Å²) >= 11 is 1.19. The minimum Gasteiger partial charge on any atom is -0.481 e. The van der Waals surface area contributed by atoms with Crippen LogP contribution in [0.1, 0.15) is 46.4 Å². The Balaban J connectivity index is 2.99. The first-order chi connectivity index (χ1) is 9.26. The van der Waals surface area contributed by atoms with Crippen LogP contribution in [0.3, 0.4) is 0 Å². The zero-order valence-corrected chi connectivity index (χ0v) is 13.5. The topological polar surface area (TPSA) is 77.2 Å². The summed E-state index contributed by atoms with van der Waals surface area (Å²) in [6, 6.07) is 0. The molecule has 0 spiro atoms. The number of aliphatic carboxylic acids is 1. The van der Waals surface area contributed by atoms with Crippen molar-refractivity contribution in [1.29, 1.82) is 0 Å². The Morgan fingerprint density at radius 3 is 2.60 bits per heavy atom. The molecule has 1 rings (SSSR count). The summed E-state index contributed by atoms with van der Waals surface area (Å²) < 4.78 is 7.68. The number of nitrogens with zero attached hydrogens (tertiary/aromatic N) is 3. The van der Waals surface area contributed by atoms with Crippen molar-refractivity contribution in [3.63, 3.8) is 0 Å². The lowest BCUT2D eigenvalue weighted by Gasteiger charge is -2.26. The number of hydrogen-bond acceptors (Lipinski definition) is 5. The van der Waals surface area contributed by atoms with E-state index in [4.69, 9.17) is 9.84 Å². The van der Waals surface area contributed by atoms with Gasteiger partial charge in [0.1, 0.15) is 5.82 Å². The van der Waals surface area contributed by atoms with Gasteiger partial charge in [-0.2, -0.15) is 0 Å². The molecule has 114 valence electrons. The second-order valence-electron chi connectivity index (χ2n) is 5.46. The van der Waals surface area contributed by atoms with E-state index < -0.39 is 5.97 Å². The molecule has 20 heavy (non-hydrogen) atoms. The Bertz CT molecular complexity index is 458. The van der Waals surface area contributed by atoms with E-state index in [1.54, 1.807) is 0 Å². The molecule has 0 atom stereocenters. The number of ether oxygens (including phenoxy) is 1. The Morgan fingerprint density at radius 1 is 1.45 bits per heavy atom. The van der Waals surface area contributed by atoms with E-state index in [0.29, 0.717) is 18.3 Å². The number of carbonyl (C=O) groups is 1. The van der Waals surface area contributed by atoms with Gasteiger partial charge in [-0.15, -0.1) is 10.2 Å². The molecule has 0 aromatic carbocycles. The van der Waals surface area contributed by atoms with Crippen LogP contribution in [-0.2, 0) is 16.1 Å². The lowest BCUT2D eigenvalue weighted by Crippen LogP contribution is -2.31. The molecule has 1 heterocycles. The number of carboxylic acid groups (broad SMARTS) is 1. The first kappa shape index (κ1) is 17.0. The van der Waals surface area contributed by atoms with E-state index in [-0.39, 0.29) is 17.3 Å². The first-order valence-corrected chi connectivity index (χ1v) is 7.67. The molecule has 0 fully saturated rings. The van der Waals surface area contributed by atoms with Crippen molar-refractivity contribution in [2.45, 2.75) is 57.8 Å². The van der Waals surface area contributed by atoms with Gasteiger partial charge in [-0.05, 0) is 20.8 Å². The van der Waals surface area contributed by atoms with Gasteiger partial charge in [0.05, 0.1) is 17.9 Å². The molecule has 7 heteroatoms. The van der Waals surface area contributed by atoms with Crippen molar-refractivity contribution in [1.82, 2.24) is 14.8 Å². The number of carboxylic acids is 1. The van der Waals surface area contributed by atoms with Gasteiger partial charge in [0.25, 0.3) is 0 Å². The molecule has 0 radical (unpaired) electrons. The van der Waals surface area contributed by atoms with Gasteiger partial charge < -0.3 is 14.4 Å². The second-order valence-corrected chi connectivity index (χ2v) is 6.40. The van der Waals surface area contributed by atoms with Gasteiger partial charge in [-0.3, -0.25) is 4.79 Å². The van der Waals surface area contributed by atoms with Crippen LogP contribution in [0.5, 0.6) is 0 Å². The minimum atomic E-state index is -0.861. The van der Waals surface area contributed by atoms with E-state index in [2.05, 4.69) is 10.2 Å². The normalized spacial score (nSPS) is 12.1. The van der Waals surface area contributed by atoms with Crippen LogP contribution in [0.25, 0.3) is 0 Å². The summed E-state index contributed by atoms with van der Waals surface area (Å²) in [6.45, 7) is 11.3. The fourth-order valence-electron chi connectivity index (χ4n) is 1.93. The maximum Gasteiger partial charge on any atom is 0.313 e. The van der Waals surface area contributed by atoms with Gasteiger partial charge in [-0.1, -0.05) is 25.6 Å². The molecule has 6 nitrogen and oxygen atoms in total. The smallest absolute Gasteiger partial charge is 0.313 e. The monoisotopic (exact) mass is 301 g/mol. The van der Waals surface area contributed by atoms with E-state index in [9.17, 15) is 4.79 Å². The van der Waals surface area contributed by atoms with Crippen LogP contribution < -0.4 is 0 Å². The van der Waals surface area contributed by atoms with Crippen LogP contribution >= 0.6 is 11.8 Å². The number of thioether (sulfide) groups is 1. The molecular formula is C13H23N3O3S. The summed E-state index contributed by atoms with van der Waals surface area (Å²) in [5.41, 5.74) is -0.348. The average molecular weight is 301 g/mol. The number of aromatic nitrogens is 3. The van der Waals surface area contributed by atoms with E-state index in [0.717, 1.165) is 5.82 Å². The minimum absolute atomic E-state index is 0.0225. The zero-order valence-electron chi connectivity index (χ0n) is 12.7. The molecule has 1 N–H and O–H groups in total. The molecule has 0 aliphatic heterocycles. The van der Waals surface area contributed by atoms with E-state index in [1.807, 2.05) is 39.2 Å². The third-order valence-electron chi connectivity index (χ3n) is 2.66. The predicted molar refractivity (Wildman–Crippen MR) is 78.2 cm³/mol. The highest BCUT2D eigenvalue weighted by molar-refractivity contribution is 7.99. The van der Waals surface area contributed by atoms with Crippen molar-refractivity contribution in [2.75, 3.05) is 12.4 Å². The molecule has 0 bridgehead atoms. The maximum absolute atomic E-state index is 10.7. The Labute approximate surface area is 123 Å². The maximum atomic E-state index is 10.7. The Kier molecular flexibility index (Phi) is 6.01. The molecule has 0 amide bonds. The van der Waals surface area contributed by atoms with Crippen molar-refractivity contribution >= 4 is 17.7 Å². The SMILES string of the molecule is CCOC(C)(C)Cn1c(SCC(=O)O)nnc1C(C)C. The molecular weight excluding hydrogens is 278 g/mol. The molecule has 0 saturated carbocycles. The van der Waals surface area contributed by atoms with Crippen LogP contribution in [-0.4, -0.2) is 43.8 Å². The number of rotatable bonds is 8. The van der Waals surface area contributed by atoms with Crippen molar-refractivity contribution < 1.29 is 14.6 Å². The number of hydrogen-bond donors (Lipinski definition) is 1. The lowest BCUT2D eigenvalue weighted by molar-refractivity contribution is -0.133. The quantitative estimate of drug-likeness (QED) is 0.743. The van der Waals surface area contributed by atoms with E-state index in [1.165, 1.54) is 11.8 Å². The molecule has 0 saturated heterocycles. The van der Waals surface area contributed by atoms with E-state index >= 15 is 0 Å². The second kappa shape index (κ2) is 7.08. The summed E-state index contributed by atoms with van der Waals surface area (Å²) in [5.74, 6) is 0.190. The fourth-order valence-corrected chi connectivity index (χ4v) is 2.59. The standard InChI is InChI=1S/C13H23N3O3S/c1-6-19-13(4,5)8-16-11(9(2)3)14-15-12(16)20-7-10(17)18/h9H,6-8H2,1-5H3,(H,17,18). The van der Waals surface area contributed by atoms with Crippen molar-refractivity contribution in [3.05, 3.63) is 5.82 Å². The summed E-state index contributed by atoms with van der Waals surface area (Å²) in [6.07, 6.45) is 0. The highest BCUT2D eigenvalue weighted by Crippen LogP contribution is 2.24. The Morgan fingerprint density at radius 2 is 2.10 bits per heavy atom. The van der Waals surface area contributed by atoms with Crippen LogP contribution in [0.4, 0.5) is 0 Å². The molecule has 0 unspecified atom stereocenters. The van der Waals surface area contributed by atoms with Gasteiger partial charge >= 0.3 is 5.97 Å². The third kappa shape index (κ3) is 4.79. The fraction of sp³-hybridized carbons (Fsp3) is 0.769. The highest BCUT2D eigenvalue weighted by atomic mass is 32.2. The van der Waals surface area contributed by atoms with Crippen LogP contribution in [0.2, 0.25) is 0 Å². The average Bonchev–Trinajstić information content (AvgIpc) is 2.68. The Hall–Kier alpha value is -1.08. The summed E-state index contributed by atoms with van der Waals surface area (Å²) in [4.78, 5) is 10.7. The predicted octanol–water partition coefficient (Wildman–Crippen LogP) is 2.39. The van der Waals surface area contributed by atoms with Gasteiger partial charge in [-0.25, -0.2) is 0 Å². The van der Waals surface area contributed by atoms with Gasteiger partial charge in [0, 0.05) is 12.5 Å². The molecule has 0 aliphatic carbocycles.